The maximum Gasteiger partial charge on any atom is 0.161 e. The van der Waals surface area contributed by atoms with Crippen molar-refractivity contribution >= 4 is 0 Å². The Hall–Kier alpha value is -1.26. The highest BCUT2D eigenvalue weighted by atomic mass is 16.5. The van der Waals surface area contributed by atoms with E-state index in [1.54, 1.807) is 7.11 Å². The van der Waals surface area contributed by atoms with Gasteiger partial charge in [-0.25, -0.2) is 0 Å². The quantitative estimate of drug-likeness (QED) is 0.560. The van der Waals surface area contributed by atoms with E-state index < -0.39 is 0 Å². The van der Waals surface area contributed by atoms with Crippen LogP contribution in [0.4, 0.5) is 0 Å². The molecule has 0 unspecified atom stereocenters. The van der Waals surface area contributed by atoms with Gasteiger partial charge in [-0.2, -0.15) is 0 Å². The highest BCUT2D eigenvalue weighted by Crippen LogP contribution is 2.29. The number of ether oxygens (including phenoxy) is 2. The van der Waals surface area contributed by atoms with Crippen LogP contribution in [-0.2, 0) is 6.54 Å². The minimum absolute atomic E-state index is 0.778. The van der Waals surface area contributed by atoms with Gasteiger partial charge in [-0.05, 0) is 31.2 Å². The van der Waals surface area contributed by atoms with Crippen molar-refractivity contribution in [2.45, 2.75) is 52.0 Å². The molecule has 142 valence electrons. The molecule has 0 atom stereocenters. The molecule has 25 heavy (non-hydrogen) atoms. The van der Waals surface area contributed by atoms with Crippen molar-refractivity contribution in [3.05, 3.63) is 23.8 Å². The first-order valence-corrected chi connectivity index (χ1v) is 9.93. The van der Waals surface area contributed by atoms with Crippen LogP contribution in [0.25, 0.3) is 0 Å². The molecule has 2 rings (SSSR count). The van der Waals surface area contributed by atoms with E-state index >= 15 is 0 Å². The summed E-state index contributed by atoms with van der Waals surface area (Å²) in [5, 5.41) is 0. The van der Waals surface area contributed by atoms with E-state index in [4.69, 9.17) is 9.47 Å². The fraction of sp³-hybridized carbons (Fsp3) is 0.714. The fourth-order valence-electron chi connectivity index (χ4n) is 3.26. The third-order valence-corrected chi connectivity index (χ3v) is 4.99. The Morgan fingerprint density at radius 1 is 0.920 bits per heavy atom. The standard InChI is InChI=1S/C21H36N2O2/c1-4-5-6-7-8-9-16-25-20-11-10-19(17-21(20)24-3)18-23-14-12-22(2)13-15-23/h10-11,17H,4-9,12-16,18H2,1-3H3. The molecular formula is C21H36N2O2. The SMILES string of the molecule is CCCCCCCCOc1ccc(CN2CCN(C)CC2)cc1OC. The Labute approximate surface area is 154 Å². The van der Waals surface area contributed by atoms with Gasteiger partial charge in [-0.15, -0.1) is 0 Å². The highest BCUT2D eigenvalue weighted by Gasteiger charge is 2.15. The molecule has 0 radical (unpaired) electrons. The van der Waals surface area contributed by atoms with Crippen molar-refractivity contribution in [2.75, 3.05) is 46.9 Å². The number of hydrogen-bond donors (Lipinski definition) is 0. The van der Waals surface area contributed by atoms with E-state index in [2.05, 4.69) is 42.0 Å². The lowest BCUT2D eigenvalue weighted by molar-refractivity contribution is 0.148. The third-order valence-electron chi connectivity index (χ3n) is 4.99. The van der Waals surface area contributed by atoms with Crippen molar-refractivity contribution in [2.24, 2.45) is 0 Å². The van der Waals surface area contributed by atoms with Crippen molar-refractivity contribution < 1.29 is 9.47 Å². The summed E-state index contributed by atoms with van der Waals surface area (Å²) in [4.78, 5) is 4.89. The van der Waals surface area contributed by atoms with E-state index in [1.807, 2.05) is 0 Å². The van der Waals surface area contributed by atoms with Crippen molar-refractivity contribution in [3.8, 4) is 11.5 Å². The Balaban J connectivity index is 1.76. The number of piperazine rings is 1. The van der Waals surface area contributed by atoms with Gasteiger partial charge in [-0.1, -0.05) is 45.1 Å². The molecule has 1 aliphatic heterocycles. The van der Waals surface area contributed by atoms with Crippen LogP contribution in [0.15, 0.2) is 18.2 Å². The zero-order valence-corrected chi connectivity index (χ0v) is 16.4. The lowest BCUT2D eigenvalue weighted by Crippen LogP contribution is -2.43. The van der Waals surface area contributed by atoms with E-state index in [0.29, 0.717) is 0 Å². The maximum atomic E-state index is 5.95. The van der Waals surface area contributed by atoms with Crippen LogP contribution in [0.5, 0.6) is 11.5 Å². The predicted molar refractivity (Wildman–Crippen MR) is 105 cm³/mol. The molecule has 0 aromatic heterocycles. The molecule has 0 amide bonds. The fourth-order valence-corrected chi connectivity index (χ4v) is 3.26. The van der Waals surface area contributed by atoms with Crippen LogP contribution in [-0.4, -0.2) is 56.7 Å². The number of benzene rings is 1. The van der Waals surface area contributed by atoms with E-state index in [9.17, 15) is 0 Å². The zero-order valence-electron chi connectivity index (χ0n) is 16.4. The van der Waals surface area contributed by atoms with Crippen molar-refractivity contribution in [3.63, 3.8) is 0 Å². The second kappa shape index (κ2) is 11.4. The Morgan fingerprint density at radius 3 is 2.36 bits per heavy atom. The van der Waals surface area contributed by atoms with Crippen LogP contribution in [0, 0.1) is 0 Å². The second-order valence-corrected chi connectivity index (χ2v) is 7.18. The number of hydrogen-bond acceptors (Lipinski definition) is 4. The van der Waals surface area contributed by atoms with Crippen LogP contribution < -0.4 is 9.47 Å². The summed E-state index contributed by atoms with van der Waals surface area (Å²) in [6, 6.07) is 6.38. The number of likely N-dealkylation sites (N-methyl/N-ethyl adjacent to an activating group) is 1. The molecule has 1 aliphatic rings. The first kappa shape index (κ1) is 20.1. The van der Waals surface area contributed by atoms with Crippen LogP contribution >= 0.6 is 0 Å². The summed E-state index contributed by atoms with van der Waals surface area (Å²) in [5.74, 6) is 1.73. The molecule has 4 nitrogen and oxygen atoms in total. The van der Waals surface area contributed by atoms with Crippen molar-refractivity contribution in [1.82, 2.24) is 9.80 Å². The lowest BCUT2D eigenvalue weighted by Gasteiger charge is -2.32. The molecule has 0 spiro atoms. The monoisotopic (exact) mass is 348 g/mol. The zero-order chi connectivity index (χ0) is 17.9. The molecule has 1 saturated heterocycles. The van der Waals surface area contributed by atoms with Crippen LogP contribution in [0.1, 0.15) is 51.0 Å². The molecule has 1 fully saturated rings. The first-order valence-electron chi connectivity index (χ1n) is 9.93. The van der Waals surface area contributed by atoms with Gasteiger partial charge >= 0.3 is 0 Å². The lowest BCUT2D eigenvalue weighted by atomic mass is 10.1. The van der Waals surface area contributed by atoms with E-state index in [0.717, 1.165) is 57.3 Å². The molecule has 0 N–H and O–H groups in total. The summed E-state index contributed by atoms with van der Waals surface area (Å²) in [7, 11) is 3.92. The summed E-state index contributed by atoms with van der Waals surface area (Å²) < 4.78 is 11.5. The van der Waals surface area contributed by atoms with Crippen LogP contribution in [0.2, 0.25) is 0 Å². The van der Waals surface area contributed by atoms with E-state index in [1.165, 1.54) is 37.7 Å². The molecule has 4 heteroatoms. The Bertz CT molecular complexity index is 485. The maximum absolute atomic E-state index is 5.95. The molecule has 1 aromatic carbocycles. The molecule has 0 saturated carbocycles. The van der Waals surface area contributed by atoms with Gasteiger partial charge in [-0.3, -0.25) is 4.90 Å². The van der Waals surface area contributed by atoms with E-state index in [-0.39, 0.29) is 0 Å². The molecule has 1 heterocycles. The Morgan fingerprint density at radius 2 is 1.64 bits per heavy atom. The van der Waals surface area contributed by atoms with Gasteiger partial charge < -0.3 is 14.4 Å². The van der Waals surface area contributed by atoms with Crippen molar-refractivity contribution in [1.29, 1.82) is 0 Å². The molecule has 1 aromatic rings. The minimum atomic E-state index is 0.778. The van der Waals surface area contributed by atoms with Gasteiger partial charge in [0.25, 0.3) is 0 Å². The number of rotatable bonds is 11. The van der Waals surface area contributed by atoms with Gasteiger partial charge in [0.2, 0.25) is 0 Å². The molecule has 0 bridgehead atoms. The molecule has 0 aliphatic carbocycles. The van der Waals surface area contributed by atoms with Gasteiger partial charge in [0, 0.05) is 32.7 Å². The number of unbranched alkanes of at least 4 members (excludes halogenated alkanes) is 5. The smallest absolute Gasteiger partial charge is 0.161 e. The normalized spacial score (nSPS) is 16.1. The highest BCUT2D eigenvalue weighted by molar-refractivity contribution is 5.43. The topological polar surface area (TPSA) is 24.9 Å². The molecular weight excluding hydrogens is 312 g/mol. The van der Waals surface area contributed by atoms with Gasteiger partial charge in [0.05, 0.1) is 13.7 Å². The van der Waals surface area contributed by atoms with Gasteiger partial charge in [0.1, 0.15) is 0 Å². The van der Waals surface area contributed by atoms with Crippen LogP contribution in [0.3, 0.4) is 0 Å². The predicted octanol–water partition coefficient (Wildman–Crippen LogP) is 4.18. The largest absolute Gasteiger partial charge is 0.493 e. The second-order valence-electron chi connectivity index (χ2n) is 7.18. The first-order chi connectivity index (χ1) is 12.2. The Kier molecular flexibility index (Phi) is 9.12. The summed E-state index contributed by atoms with van der Waals surface area (Å²) in [5.41, 5.74) is 1.30. The number of nitrogens with zero attached hydrogens (tertiary/aromatic N) is 2. The average molecular weight is 349 g/mol. The van der Waals surface area contributed by atoms with Gasteiger partial charge in [0.15, 0.2) is 11.5 Å². The minimum Gasteiger partial charge on any atom is -0.493 e. The summed E-state index contributed by atoms with van der Waals surface area (Å²) >= 11 is 0. The third kappa shape index (κ3) is 7.25. The number of methoxy groups -OCH3 is 1. The summed E-state index contributed by atoms with van der Waals surface area (Å²) in [6.45, 7) is 8.59. The summed E-state index contributed by atoms with van der Waals surface area (Å²) in [6.07, 6.45) is 7.69. The average Bonchev–Trinajstić information content (AvgIpc) is 2.63.